The number of aliphatic imine (C=N–C) groups is 2. The molecule has 0 aliphatic carbocycles. The average Bonchev–Trinajstić information content (AvgIpc) is 2.67. The topological polar surface area (TPSA) is 76.8 Å². The summed E-state index contributed by atoms with van der Waals surface area (Å²) in [7, 11) is 0. The first kappa shape index (κ1) is 19.4. The van der Waals surface area contributed by atoms with E-state index in [1.165, 1.54) is 5.56 Å². The number of nitrogens with two attached hydrogens (primary N) is 2. The summed E-state index contributed by atoms with van der Waals surface area (Å²) in [5.41, 5.74) is 19.2. The third kappa shape index (κ3) is 4.29. The van der Waals surface area contributed by atoms with Crippen molar-refractivity contribution in [1.82, 2.24) is 0 Å². The molecule has 3 aromatic rings. The van der Waals surface area contributed by atoms with E-state index in [1.807, 2.05) is 48.7 Å². The predicted molar refractivity (Wildman–Crippen MR) is 122 cm³/mol. The summed E-state index contributed by atoms with van der Waals surface area (Å²) in [5, 5.41) is 0. The van der Waals surface area contributed by atoms with E-state index >= 15 is 0 Å². The van der Waals surface area contributed by atoms with Gasteiger partial charge < -0.3 is 11.5 Å². The molecule has 0 amide bonds. The minimum absolute atomic E-state index is 0.0924. The molecule has 4 nitrogen and oxygen atoms in total. The van der Waals surface area contributed by atoms with Crippen LogP contribution in [0.1, 0.15) is 31.9 Å². The van der Waals surface area contributed by atoms with Crippen LogP contribution in [0.2, 0.25) is 0 Å². The van der Waals surface area contributed by atoms with Crippen LogP contribution in [0, 0.1) is 0 Å². The molecule has 3 rings (SSSR count). The van der Waals surface area contributed by atoms with Crippen molar-refractivity contribution in [2.75, 3.05) is 11.5 Å². The van der Waals surface area contributed by atoms with Crippen LogP contribution in [-0.2, 0) is 5.41 Å². The molecule has 0 unspecified atom stereocenters. The van der Waals surface area contributed by atoms with Crippen LogP contribution in [0.4, 0.5) is 22.7 Å². The van der Waals surface area contributed by atoms with Crippen molar-refractivity contribution in [3.8, 4) is 11.1 Å². The number of hydrogen-bond donors (Lipinski definition) is 2. The zero-order valence-electron chi connectivity index (χ0n) is 16.6. The van der Waals surface area contributed by atoms with Gasteiger partial charge in [0, 0.05) is 6.21 Å². The second kappa shape index (κ2) is 7.69. The van der Waals surface area contributed by atoms with Crippen molar-refractivity contribution in [1.29, 1.82) is 0 Å². The van der Waals surface area contributed by atoms with Gasteiger partial charge in [0.1, 0.15) is 0 Å². The minimum atomic E-state index is 0.0924. The Balaban J connectivity index is 1.93. The maximum absolute atomic E-state index is 6.14. The molecule has 0 atom stereocenters. The highest BCUT2D eigenvalue weighted by molar-refractivity contribution is 5.86. The summed E-state index contributed by atoms with van der Waals surface area (Å²) in [6, 6.07) is 19.9. The Kier molecular flexibility index (Phi) is 5.32. The predicted octanol–water partition coefficient (Wildman–Crippen LogP) is 5.90. The molecule has 0 saturated heterocycles. The van der Waals surface area contributed by atoms with Crippen LogP contribution in [0.3, 0.4) is 0 Å². The lowest BCUT2D eigenvalue weighted by atomic mass is 9.86. The van der Waals surface area contributed by atoms with Gasteiger partial charge in [0.05, 0.1) is 22.7 Å². The molecule has 3 aromatic carbocycles. The molecule has 0 heterocycles. The fourth-order valence-corrected chi connectivity index (χ4v) is 2.94. The van der Waals surface area contributed by atoms with Crippen molar-refractivity contribution in [2.45, 2.75) is 26.2 Å². The summed E-state index contributed by atoms with van der Waals surface area (Å²) in [6.07, 6.45) is 1.85. The van der Waals surface area contributed by atoms with E-state index in [4.69, 9.17) is 11.5 Å². The van der Waals surface area contributed by atoms with E-state index in [-0.39, 0.29) is 5.41 Å². The number of nitrogen functional groups attached to an aromatic ring is 2. The average molecular weight is 371 g/mol. The van der Waals surface area contributed by atoms with Gasteiger partial charge in [0.2, 0.25) is 0 Å². The molecule has 0 aliphatic rings. The molecule has 0 spiro atoms. The number of rotatable bonds is 4. The molecule has 0 bridgehead atoms. The fourth-order valence-electron chi connectivity index (χ4n) is 2.94. The molecule has 4 N–H and O–H groups in total. The Morgan fingerprint density at radius 2 is 1.54 bits per heavy atom. The maximum atomic E-state index is 6.14. The number of nitrogens with zero attached hydrogens (tertiary/aromatic N) is 2. The van der Waals surface area contributed by atoms with Crippen LogP contribution in [0.15, 0.2) is 70.6 Å². The van der Waals surface area contributed by atoms with E-state index in [1.54, 1.807) is 0 Å². The summed E-state index contributed by atoms with van der Waals surface area (Å²) >= 11 is 0. The number of anilines is 2. The van der Waals surface area contributed by atoms with Crippen LogP contribution in [-0.4, -0.2) is 12.9 Å². The molecule has 0 aromatic heterocycles. The SMILES string of the molecule is C=Nc1ccc(-c2ccc(N)c(N=Cc3cccc(C(C)(C)C)c3)c2)cc1N. The first-order valence-electron chi connectivity index (χ1n) is 9.19. The van der Waals surface area contributed by atoms with Crippen molar-refractivity contribution >= 4 is 35.7 Å². The quantitative estimate of drug-likeness (QED) is 0.443. The Labute approximate surface area is 166 Å². The van der Waals surface area contributed by atoms with Crippen molar-refractivity contribution < 1.29 is 0 Å². The van der Waals surface area contributed by atoms with Crippen LogP contribution in [0.25, 0.3) is 11.1 Å². The third-order valence-electron chi connectivity index (χ3n) is 4.67. The summed E-state index contributed by atoms with van der Waals surface area (Å²) in [5.74, 6) is 0. The molecule has 0 aliphatic heterocycles. The van der Waals surface area contributed by atoms with Gasteiger partial charge in [-0.3, -0.25) is 9.98 Å². The van der Waals surface area contributed by atoms with Gasteiger partial charge in [-0.2, -0.15) is 0 Å². The maximum Gasteiger partial charge on any atom is 0.0865 e. The second-order valence-corrected chi connectivity index (χ2v) is 7.84. The Morgan fingerprint density at radius 1 is 0.821 bits per heavy atom. The highest BCUT2D eigenvalue weighted by Crippen LogP contribution is 2.33. The molecule has 0 saturated carbocycles. The van der Waals surface area contributed by atoms with E-state index < -0.39 is 0 Å². The molecule has 0 radical (unpaired) electrons. The highest BCUT2D eigenvalue weighted by Gasteiger charge is 2.13. The number of benzene rings is 3. The third-order valence-corrected chi connectivity index (χ3v) is 4.67. The van der Waals surface area contributed by atoms with Crippen molar-refractivity contribution in [2.24, 2.45) is 9.98 Å². The summed E-state index contributed by atoms with van der Waals surface area (Å²) in [4.78, 5) is 8.54. The molecule has 142 valence electrons. The standard InChI is InChI=1S/C24H26N4/c1-24(2,3)19-7-5-6-16(12-19)15-28-23-14-18(8-10-20(23)25)17-9-11-22(27-4)21(26)13-17/h5-15H,4,25-26H2,1-3H3. The molecule has 28 heavy (non-hydrogen) atoms. The largest absolute Gasteiger partial charge is 0.397 e. The molecular formula is C24H26N4. The lowest BCUT2D eigenvalue weighted by Crippen LogP contribution is -2.11. The van der Waals surface area contributed by atoms with Gasteiger partial charge >= 0.3 is 0 Å². The van der Waals surface area contributed by atoms with E-state index in [2.05, 4.69) is 55.7 Å². The minimum Gasteiger partial charge on any atom is -0.397 e. The van der Waals surface area contributed by atoms with Crippen LogP contribution in [0.5, 0.6) is 0 Å². The first-order valence-corrected chi connectivity index (χ1v) is 9.19. The first-order chi connectivity index (χ1) is 13.3. The molecule has 4 heteroatoms. The summed E-state index contributed by atoms with van der Waals surface area (Å²) in [6.45, 7) is 10.1. The van der Waals surface area contributed by atoms with Gasteiger partial charge in [-0.1, -0.05) is 51.1 Å². The molecular weight excluding hydrogens is 344 g/mol. The van der Waals surface area contributed by atoms with E-state index in [9.17, 15) is 0 Å². The normalized spacial score (nSPS) is 11.7. The van der Waals surface area contributed by atoms with Crippen molar-refractivity contribution in [3.63, 3.8) is 0 Å². The van der Waals surface area contributed by atoms with Crippen molar-refractivity contribution in [3.05, 3.63) is 71.8 Å². The second-order valence-electron chi connectivity index (χ2n) is 7.84. The van der Waals surface area contributed by atoms with Gasteiger partial charge in [-0.15, -0.1) is 0 Å². The van der Waals surface area contributed by atoms with E-state index in [0.29, 0.717) is 17.1 Å². The van der Waals surface area contributed by atoms with Gasteiger partial charge in [0.15, 0.2) is 0 Å². The Morgan fingerprint density at radius 3 is 2.21 bits per heavy atom. The lowest BCUT2D eigenvalue weighted by Gasteiger charge is -2.19. The smallest absolute Gasteiger partial charge is 0.0865 e. The summed E-state index contributed by atoms with van der Waals surface area (Å²) < 4.78 is 0. The van der Waals surface area contributed by atoms with E-state index in [0.717, 1.165) is 22.4 Å². The monoisotopic (exact) mass is 370 g/mol. The van der Waals surface area contributed by atoms with Crippen LogP contribution >= 0.6 is 0 Å². The molecule has 0 fully saturated rings. The van der Waals surface area contributed by atoms with Gasteiger partial charge in [-0.25, -0.2) is 0 Å². The Bertz CT molecular complexity index is 1040. The lowest BCUT2D eigenvalue weighted by molar-refractivity contribution is 0.590. The zero-order valence-corrected chi connectivity index (χ0v) is 16.6. The zero-order chi connectivity index (χ0) is 20.3. The highest BCUT2D eigenvalue weighted by atomic mass is 14.8. The van der Waals surface area contributed by atoms with Gasteiger partial charge in [-0.05, 0) is 64.7 Å². The number of hydrogen-bond acceptors (Lipinski definition) is 4. The van der Waals surface area contributed by atoms with Crippen LogP contribution < -0.4 is 11.5 Å². The fraction of sp³-hybridized carbons (Fsp3) is 0.167. The van der Waals surface area contributed by atoms with Gasteiger partial charge in [0.25, 0.3) is 0 Å². The Hall–Kier alpha value is -3.40.